The molecule has 3 fully saturated rings. The molecule has 5 heterocycles. The van der Waals surface area contributed by atoms with Crippen LogP contribution in [0.3, 0.4) is 0 Å². The van der Waals surface area contributed by atoms with Crippen molar-refractivity contribution in [3.63, 3.8) is 0 Å². The number of fused-ring (bicyclic) bond motifs is 1. The Morgan fingerprint density at radius 2 is 1.95 bits per heavy atom. The fraction of sp³-hybridized carbons (Fsp3) is 0.444. The predicted octanol–water partition coefficient (Wildman–Crippen LogP) is 3.34. The second-order valence-electron chi connectivity index (χ2n) is 11.3. The molecule has 3 aliphatic rings. The van der Waals surface area contributed by atoms with Crippen molar-refractivity contribution in [2.75, 3.05) is 13.1 Å². The van der Waals surface area contributed by atoms with Crippen LogP contribution in [0.15, 0.2) is 41.5 Å². The molecule has 0 spiro atoms. The number of piperidine rings is 1. The van der Waals surface area contributed by atoms with E-state index in [2.05, 4.69) is 21.4 Å². The van der Waals surface area contributed by atoms with E-state index in [4.69, 9.17) is 15.5 Å². The number of hydrogen-bond donors (Lipinski definition) is 1. The van der Waals surface area contributed by atoms with E-state index in [9.17, 15) is 4.79 Å². The molecule has 7 rings (SSSR count). The van der Waals surface area contributed by atoms with E-state index in [-0.39, 0.29) is 23.8 Å². The van der Waals surface area contributed by atoms with Gasteiger partial charge >= 0.3 is 0 Å². The fourth-order valence-corrected chi connectivity index (χ4v) is 5.92. The summed E-state index contributed by atoms with van der Waals surface area (Å²) >= 11 is 1.51. The Morgan fingerprint density at radius 1 is 1.16 bits per heavy atom. The number of ether oxygens (including phenoxy) is 1. The van der Waals surface area contributed by atoms with E-state index in [0.29, 0.717) is 42.1 Å². The van der Waals surface area contributed by atoms with Gasteiger partial charge in [-0.05, 0) is 55.9 Å². The molecule has 11 heteroatoms. The number of thiazole rings is 1. The lowest BCUT2D eigenvalue weighted by Gasteiger charge is -2.22. The van der Waals surface area contributed by atoms with Crippen LogP contribution in [0.1, 0.15) is 54.2 Å². The Hall–Kier alpha value is -3.57. The third-order valence-electron chi connectivity index (χ3n) is 7.87. The molecule has 0 unspecified atom stereocenters. The quantitative estimate of drug-likeness (QED) is 0.389. The smallest absolute Gasteiger partial charge is 0.272 e. The summed E-state index contributed by atoms with van der Waals surface area (Å²) < 4.78 is 9.86. The van der Waals surface area contributed by atoms with Crippen molar-refractivity contribution in [1.82, 2.24) is 34.4 Å². The molecule has 10 nitrogen and oxygen atoms in total. The SMILES string of the molecule is Cn1nc(-c2cscn2)cc1C(=O)N1C[C@@H]2[C@H](C1)[C@@H]2Oc1cc(C(C)(C)N)cc(-n2cc(C3CC3)cn2)n1. The van der Waals surface area contributed by atoms with E-state index in [0.717, 1.165) is 11.3 Å². The van der Waals surface area contributed by atoms with E-state index in [1.54, 1.807) is 17.2 Å². The Kier molecular flexibility index (Phi) is 5.25. The molecule has 0 radical (unpaired) electrons. The molecule has 2 N–H and O–H groups in total. The van der Waals surface area contributed by atoms with Crippen LogP contribution in [0.25, 0.3) is 17.2 Å². The van der Waals surface area contributed by atoms with E-state index < -0.39 is 5.54 Å². The van der Waals surface area contributed by atoms with Gasteiger partial charge in [-0.3, -0.25) is 9.48 Å². The zero-order valence-corrected chi connectivity index (χ0v) is 22.4. The summed E-state index contributed by atoms with van der Waals surface area (Å²) in [5, 5.41) is 11.0. The van der Waals surface area contributed by atoms with Gasteiger partial charge in [0.2, 0.25) is 5.88 Å². The second kappa shape index (κ2) is 8.47. The number of aryl methyl sites for hydroxylation is 1. The number of amides is 1. The van der Waals surface area contributed by atoms with Gasteiger partial charge in [0.15, 0.2) is 5.82 Å². The minimum atomic E-state index is -0.550. The van der Waals surface area contributed by atoms with Crippen LogP contribution in [0.5, 0.6) is 5.88 Å². The first-order valence-electron chi connectivity index (χ1n) is 13.0. The number of carbonyl (C=O) groups is 1. The summed E-state index contributed by atoms with van der Waals surface area (Å²) in [4.78, 5) is 24.3. The van der Waals surface area contributed by atoms with E-state index >= 15 is 0 Å². The first kappa shape index (κ1) is 23.5. The fourth-order valence-electron chi connectivity index (χ4n) is 5.38. The van der Waals surface area contributed by atoms with Crippen LogP contribution >= 0.6 is 11.3 Å². The first-order chi connectivity index (χ1) is 18.2. The molecule has 38 heavy (non-hydrogen) atoms. The molecule has 0 bridgehead atoms. The summed E-state index contributed by atoms with van der Waals surface area (Å²) in [6.45, 7) is 5.26. The highest BCUT2D eigenvalue weighted by atomic mass is 32.1. The molecular formula is C27H30N8O2S. The normalized spacial score (nSPS) is 22.5. The third kappa shape index (κ3) is 4.19. The molecule has 4 aromatic rings. The molecule has 2 saturated carbocycles. The van der Waals surface area contributed by atoms with Crippen molar-refractivity contribution in [1.29, 1.82) is 0 Å². The molecule has 1 aliphatic heterocycles. The van der Waals surface area contributed by atoms with Crippen molar-refractivity contribution in [2.45, 2.75) is 44.2 Å². The van der Waals surface area contributed by atoms with Crippen molar-refractivity contribution in [2.24, 2.45) is 24.6 Å². The number of nitrogens with zero attached hydrogens (tertiary/aromatic N) is 7. The number of rotatable bonds is 7. The minimum Gasteiger partial charge on any atom is -0.474 e. The molecule has 196 valence electrons. The molecule has 1 saturated heterocycles. The van der Waals surface area contributed by atoms with Crippen LogP contribution < -0.4 is 10.5 Å². The number of nitrogens with two attached hydrogens (primary N) is 1. The first-order valence-corrected chi connectivity index (χ1v) is 13.9. The maximum Gasteiger partial charge on any atom is 0.272 e. The topological polar surface area (TPSA) is 117 Å². The van der Waals surface area contributed by atoms with Gasteiger partial charge in [-0.15, -0.1) is 11.3 Å². The Bertz CT molecular complexity index is 1500. The predicted molar refractivity (Wildman–Crippen MR) is 142 cm³/mol. The monoisotopic (exact) mass is 530 g/mol. The van der Waals surface area contributed by atoms with Gasteiger partial charge in [-0.25, -0.2) is 9.67 Å². The standard InChI is InChI=1S/C27H30N8O2S/c1-27(2,28)17-6-23(35-10-16(9-30-35)15-4-5-15)31-24(7-17)37-25-18-11-34(12-19(18)25)26(36)22-8-20(32-33(22)3)21-13-38-14-29-21/h6-10,13-15,18-19,25H,4-5,11-12,28H2,1-3H3/t18-,19+,25-. The van der Waals surface area contributed by atoms with Crippen molar-refractivity contribution < 1.29 is 9.53 Å². The number of carbonyl (C=O) groups excluding carboxylic acids is 1. The number of likely N-dealkylation sites (tertiary alicyclic amines) is 1. The second-order valence-corrected chi connectivity index (χ2v) is 12.0. The minimum absolute atomic E-state index is 0.00938. The Balaban J connectivity index is 1.05. The molecule has 2 aliphatic carbocycles. The van der Waals surface area contributed by atoms with Crippen LogP contribution in [0.4, 0.5) is 0 Å². The third-order valence-corrected chi connectivity index (χ3v) is 8.46. The summed E-state index contributed by atoms with van der Waals surface area (Å²) in [7, 11) is 1.80. The number of pyridine rings is 1. The van der Waals surface area contributed by atoms with Crippen LogP contribution in [-0.2, 0) is 12.6 Å². The molecular weight excluding hydrogens is 500 g/mol. The zero-order valence-electron chi connectivity index (χ0n) is 21.6. The number of aromatic nitrogens is 6. The van der Waals surface area contributed by atoms with Gasteiger partial charge < -0.3 is 15.4 Å². The summed E-state index contributed by atoms with van der Waals surface area (Å²) in [5.74, 6) is 2.45. The van der Waals surface area contributed by atoms with Gasteiger partial charge in [0.25, 0.3) is 5.91 Å². The van der Waals surface area contributed by atoms with Crippen molar-refractivity contribution in [3.05, 3.63) is 58.3 Å². The summed E-state index contributed by atoms with van der Waals surface area (Å²) in [5.41, 5.74) is 11.9. The van der Waals surface area contributed by atoms with Gasteiger partial charge in [0.05, 0.1) is 11.7 Å². The molecule has 4 aromatic heterocycles. The highest BCUT2D eigenvalue weighted by Gasteiger charge is 2.59. The van der Waals surface area contributed by atoms with Gasteiger partial charge in [0.1, 0.15) is 23.2 Å². The van der Waals surface area contributed by atoms with E-state index in [1.165, 1.54) is 29.7 Å². The summed E-state index contributed by atoms with van der Waals surface area (Å²) in [6.07, 6.45) is 6.47. The van der Waals surface area contributed by atoms with Gasteiger partial charge in [-0.2, -0.15) is 15.2 Å². The van der Waals surface area contributed by atoms with Gasteiger partial charge in [-0.1, -0.05) is 0 Å². The van der Waals surface area contributed by atoms with Crippen molar-refractivity contribution >= 4 is 17.2 Å². The highest BCUT2D eigenvalue weighted by Crippen LogP contribution is 2.48. The largest absolute Gasteiger partial charge is 0.474 e. The van der Waals surface area contributed by atoms with Crippen LogP contribution in [-0.4, -0.2) is 59.5 Å². The van der Waals surface area contributed by atoms with Crippen LogP contribution in [0, 0.1) is 11.8 Å². The van der Waals surface area contributed by atoms with Gasteiger partial charge in [0, 0.05) is 55.2 Å². The molecule has 1 amide bonds. The lowest BCUT2D eigenvalue weighted by Crippen LogP contribution is -2.34. The van der Waals surface area contributed by atoms with Crippen molar-refractivity contribution in [3.8, 4) is 23.1 Å². The molecule has 3 atom stereocenters. The van der Waals surface area contributed by atoms with Crippen LogP contribution in [0.2, 0.25) is 0 Å². The number of hydrogen-bond acceptors (Lipinski definition) is 8. The molecule has 0 aromatic carbocycles. The Morgan fingerprint density at radius 3 is 2.63 bits per heavy atom. The zero-order chi connectivity index (χ0) is 26.2. The lowest BCUT2D eigenvalue weighted by molar-refractivity contribution is 0.0740. The maximum atomic E-state index is 13.3. The lowest BCUT2D eigenvalue weighted by atomic mass is 9.96. The summed E-state index contributed by atoms with van der Waals surface area (Å²) in [6, 6.07) is 5.74. The maximum absolute atomic E-state index is 13.3. The van der Waals surface area contributed by atoms with E-state index in [1.807, 2.05) is 53.2 Å². The average molecular weight is 531 g/mol. The highest BCUT2D eigenvalue weighted by molar-refractivity contribution is 7.07. The Labute approximate surface area is 224 Å². The average Bonchev–Trinajstić information content (AvgIpc) is 3.45.